The molecule has 0 unspecified atom stereocenters. The summed E-state index contributed by atoms with van der Waals surface area (Å²) in [6.07, 6.45) is 4.49. The molecular weight excluding hydrogens is 408 g/mol. The molecule has 162 valence electrons. The second kappa shape index (κ2) is 9.18. The molecule has 3 aromatic rings. The van der Waals surface area contributed by atoms with Crippen LogP contribution in [-0.2, 0) is 6.54 Å². The normalized spacial score (nSPS) is 21.2. The molecule has 6 nitrogen and oxygen atoms in total. The Morgan fingerprint density at radius 2 is 2.10 bits per heavy atom. The summed E-state index contributed by atoms with van der Waals surface area (Å²) in [5, 5.41) is 24.1. The molecule has 0 bridgehead atoms. The van der Waals surface area contributed by atoms with Crippen LogP contribution in [-0.4, -0.2) is 38.0 Å². The summed E-state index contributed by atoms with van der Waals surface area (Å²) in [6.45, 7) is 8.57. The number of rotatable bonds is 7. The van der Waals surface area contributed by atoms with Crippen molar-refractivity contribution >= 4 is 34.6 Å². The number of imidazole rings is 1. The van der Waals surface area contributed by atoms with Crippen LogP contribution in [0, 0.1) is 0 Å². The summed E-state index contributed by atoms with van der Waals surface area (Å²) >= 11 is 1.44. The second-order valence-electron chi connectivity index (χ2n) is 7.96. The first-order valence-electron chi connectivity index (χ1n) is 10.4. The molecular formula is C24H28N4O2S. The van der Waals surface area contributed by atoms with Crippen molar-refractivity contribution in [1.29, 1.82) is 0 Å². The number of aliphatic hydroxyl groups is 2. The van der Waals surface area contributed by atoms with Crippen LogP contribution in [0.25, 0.3) is 17.1 Å². The molecule has 2 aromatic carbocycles. The van der Waals surface area contributed by atoms with Crippen LogP contribution >= 0.6 is 11.8 Å². The molecule has 0 aliphatic heterocycles. The number of nitrogens with zero attached hydrogens (tertiary/aromatic N) is 2. The molecule has 1 aromatic heterocycles. The van der Waals surface area contributed by atoms with Gasteiger partial charge in [0.2, 0.25) is 0 Å². The second-order valence-corrected chi connectivity index (χ2v) is 9.10. The van der Waals surface area contributed by atoms with Crippen LogP contribution in [0.15, 0.2) is 65.8 Å². The maximum absolute atomic E-state index is 10.2. The van der Waals surface area contributed by atoms with Gasteiger partial charge in [-0.25, -0.2) is 4.98 Å². The Hall–Kier alpha value is -2.74. The Morgan fingerprint density at radius 3 is 2.90 bits per heavy atom. The number of aromatic nitrogens is 2. The lowest BCUT2D eigenvalue weighted by molar-refractivity contribution is -0.0265. The van der Waals surface area contributed by atoms with Gasteiger partial charge in [-0.2, -0.15) is 0 Å². The summed E-state index contributed by atoms with van der Waals surface area (Å²) < 4.78 is 2.11. The number of nitrogens with two attached hydrogens (primary N) is 1. The zero-order valence-corrected chi connectivity index (χ0v) is 18.2. The number of fused-ring (bicyclic) bond motifs is 1. The van der Waals surface area contributed by atoms with Crippen LogP contribution in [0.3, 0.4) is 0 Å². The summed E-state index contributed by atoms with van der Waals surface area (Å²) in [5.74, 6) is 0. The number of thioether (sulfide) groups is 1. The number of anilines is 1. The topological polar surface area (TPSA) is 96.3 Å². The molecule has 5 N–H and O–H groups in total. The molecule has 0 radical (unpaired) electrons. The van der Waals surface area contributed by atoms with E-state index in [0.717, 1.165) is 39.9 Å². The van der Waals surface area contributed by atoms with Crippen molar-refractivity contribution in [3.05, 3.63) is 72.0 Å². The van der Waals surface area contributed by atoms with Crippen LogP contribution in [0.1, 0.15) is 30.4 Å². The van der Waals surface area contributed by atoms with E-state index in [2.05, 4.69) is 40.2 Å². The van der Waals surface area contributed by atoms with Crippen molar-refractivity contribution in [3.63, 3.8) is 0 Å². The smallest absolute Gasteiger partial charge is 0.0999 e. The van der Waals surface area contributed by atoms with Gasteiger partial charge in [0.15, 0.2) is 0 Å². The van der Waals surface area contributed by atoms with Crippen molar-refractivity contribution in [2.45, 2.75) is 49.0 Å². The number of aliphatic hydroxyl groups excluding tert-OH is 2. The first-order chi connectivity index (χ1) is 14.9. The van der Waals surface area contributed by atoms with Crippen molar-refractivity contribution in [2.75, 3.05) is 5.73 Å². The molecule has 1 fully saturated rings. The fourth-order valence-corrected chi connectivity index (χ4v) is 4.85. The lowest BCUT2D eigenvalue weighted by Gasteiger charge is -2.33. The molecule has 4 rings (SSSR count). The van der Waals surface area contributed by atoms with Gasteiger partial charge in [0.1, 0.15) is 0 Å². The minimum absolute atomic E-state index is 0.203. The summed E-state index contributed by atoms with van der Waals surface area (Å²) in [5.41, 5.74) is 11.0. The van der Waals surface area contributed by atoms with E-state index in [1.165, 1.54) is 11.8 Å². The Morgan fingerprint density at radius 1 is 1.26 bits per heavy atom. The first kappa shape index (κ1) is 21.5. The first-order valence-corrected chi connectivity index (χ1v) is 11.2. The molecule has 0 saturated heterocycles. The van der Waals surface area contributed by atoms with Crippen LogP contribution < -0.4 is 11.1 Å². The van der Waals surface area contributed by atoms with Gasteiger partial charge in [0, 0.05) is 17.1 Å². The number of nitrogen functional groups attached to an aromatic ring is 1. The van der Waals surface area contributed by atoms with E-state index in [1.807, 2.05) is 36.7 Å². The molecule has 1 aliphatic rings. The maximum atomic E-state index is 10.2. The van der Waals surface area contributed by atoms with Crippen LogP contribution in [0.2, 0.25) is 0 Å². The van der Waals surface area contributed by atoms with Gasteiger partial charge in [0.05, 0.1) is 40.6 Å². The summed E-state index contributed by atoms with van der Waals surface area (Å²) in [7, 11) is 0. The predicted octanol–water partition coefficient (Wildman–Crippen LogP) is 3.74. The Balaban J connectivity index is 1.47. The molecule has 0 amide bonds. The molecule has 1 aliphatic carbocycles. The van der Waals surface area contributed by atoms with E-state index < -0.39 is 12.2 Å². The van der Waals surface area contributed by atoms with E-state index in [1.54, 1.807) is 0 Å². The third-order valence-electron chi connectivity index (χ3n) is 5.71. The Kier molecular flexibility index (Phi) is 6.36. The average Bonchev–Trinajstić information content (AvgIpc) is 3.15. The number of hydrogen-bond donors (Lipinski definition) is 4. The van der Waals surface area contributed by atoms with Gasteiger partial charge in [0.25, 0.3) is 0 Å². The van der Waals surface area contributed by atoms with Gasteiger partial charge in [-0.05, 0) is 54.7 Å². The highest BCUT2D eigenvalue weighted by atomic mass is 32.2. The molecule has 7 heteroatoms. The predicted molar refractivity (Wildman–Crippen MR) is 128 cm³/mol. The molecule has 0 spiro atoms. The monoisotopic (exact) mass is 436 g/mol. The van der Waals surface area contributed by atoms with Crippen molar-refractivity contribution in [1.82, 2.24) is 14.9 Å². The highest BCUT2D eigenvalue weighted by Crippen LogP contribution is 2.32. The van der Waals surface area contributed by atoms with Gasteiger partial charge in [-0.15, -0.1) is 0 Å². The summed E-state index contributed by atoms with van der Waals surface area (Å²) in [6, 6.07) is 11.9. The van der Waals surface area contributed by atoms with Crippen molar-refractivity contribution in [2.24, 2.45) is 0 Å². The lowest BCUT2D eigenvalue weighted by atomic mass is 9.90. The SMILES string of the molecule is C=Cc1ccc2c(c1)ncn2Cc1ccc(N)c(SC(=C)N[C@@H]2CCC[C@@H](O)[C@H]2O)c1. The fraction of sp³-hybridized carbons (Fsp3) is 0.292. The third-order valence-corrected chi connectivity index (χ3v) is 6.65. The summed E-state index contributed by atoms with van der Waals surface area (Å²) in [4.78, 5) is 5.41. The Labute approximate surface area is 186 Å². The zero-order chi connectivity index (χ0) is 22.0. The molecule has 3 atom stereocenters. The van der Waals surface area contributed by atoms with Crippen LogP contribution in [0.5, 0.6) is 0 Å². The maximum Gasteiger partial charge on any atom is 0.0999 e. The number of hydrogen-bond acceptors (Lipinski definition) is 6. The Bertz CT molecular complexity index is 1110. The highest BCUT2D eigenvalue weighted by Gasteiger charge is 2.30. The van der Waals surface area contributed by atoms with E-state index in [-0.39, 0.29) is 6.04 Å². The minimum Gasteiger partial charge on any atom is -0.398 e. The molecule has 1 saturated carbocycles. The fourth-order valence-electron chi connectivity index (χ4n) is 3.98. The molecule has 1 heterocycles. The van der Waals surface area contributed by atoms with Gasteiger partial charge in [-0.3, -0.25) is 0 Å². The number of benzene rings is 2. The van der Waals surface area contributed by atoms with E-state index in [0.29, 0.717) is 23.7 Å². The van der Waals surface area contributed by atoms with Gasteiger partial charge < -0.3 is 25.8 Å². The lowest BCUT2D eigenvalue weighted by Crippen LogP contribution is -2.48. The largest absolute Gasteiger partial charge is 0.398 e. The van der Waals surface area contributed by atoms with Crippen molar-refractivity contribution in [3.8, 4) is 0 Å². The quantitative estimate of drug-likeness (QED) is 0.333. The van der Waals surface area contributed by atoms with E-state index >= 15 is 0 Å². The highest BCUT2D eigenvalue weighted by molar-refractivity contribution is 8.03. The molecule has 31 heavy (non-hydrogen) atoms. The van der Waals surface area contributed by atoms with E-state index in [9.17, 15) is 10.2 Å². The van der Waals surface area contributed by atoms with E-state index in [4.69, 9.17) is 5.73 Å². The van der Waals surface area contributed by atoms with Crippen molar-refractivity contribution < 1.29 is 10.2 Å². The van der Waals surface area contributed by atoms with Crippen LogP contribution in [0.4, 0.5) is 5.69 Å². The zero-order valence-electron chi connectivity index (χ0n) is 17.4. The van der Waals surface area contributed by atoms with Gasteiger partial charge in [-0.1, -0.05) is 43.1 Å². The number of nitrogens with one attached hydrogen (secondary N) is 1. The third kappa shape index (κ3) is 4.79. The standard InChI is InChI=1S/C24H28N4O2S/c1-3-16-8-10-21-20(11-16)26-14-28(21)13-17-7-9-18(25)23(12-17)31-15(2)27-19-5-4-6-22(29)24(19)30/h3,7-12,14,19,22,24,27,29-30H,1-2,4-6,13,25H2/t19-,22-,24+/m1/s1. The average molecular weight is 437 g/mol. The van der Waals surface area contributed by atoms with Gasteiger partial charge >= 0.3 is 0 Å². The minimum atomic E-state index is -0.786.